The van der Waals surface area contributed by atoms with Crippen molar-refractivity contribution in [1.29, 1.82) is 5.26 Å². The summed E-state index contributed by atoms with van der Waals surface area (Å²) in [6, 6.07) is 7.48. The third kappa shape index (κ3) is 2.71. The Bertz CT molecular complexity index is 384. The SMILES string of the molecule is CCC(C#N)C(O)c1ccc(C)c(Cl)c1. The van der Waals surface area contributed by atoms with Gasteiger partial charge in [-0.25, -0.2) is 0 Å². The Labute approximate surface area is 95.1 Å². The van der Waals surface area contributed by atoms with Crippen LogP contribution in [0.4, 0.5) is 0 Å². The van der Waals surface area contributed by atoms with Crippen LogP contribution < -0.4 is 0 Å². The molecular weight excluding hydrogens is 210 g/mol. The molecule has 0 radical (unpaired) electrons. The number of aliphatic hydroxyl groups is 1. The largest absolute Gasteiger partial charge is 0.387 e. The lowest BCUT2D eigenvalue weighted by molar-refractivity contribution is 0.133. The zero-order valence-electron chi connectivity index (χ0n) is 8.87. The van der Waals surface area contributed by atoms with Crippen molar-refractivity contribution in [2.24, 2.45) is 5.92 Å². The lowest BCUT2D eigenvalue weighted by Crippen LogP contribution is -2.09. The molecule has 2 atom stereocenters. The van der Waals surface area contributed by atoms with Crippen LogP contribution in [0, 0.1) is 24.2 Å². The average molecular weight is 224 g/mol. The fraction of sp³-hybridized carbons (Fsp3) is 0.417. The van der Waals surface area contributed by atoms with E-state index in [1.807, 2.05) is 26.0 Å². The average Bonchev–Trinajstić information content (AvgIpc) is 2.23. The van der Waals surface area contributed by atoms with Crippen LogP contribution in [0.1, 0.15) is 30.6 Å². The second-order valence-corrected chi connectivity index (χ2v) is 4.00. The van der Waals surface area contributed by atoms with Gasteiger partial charge in [0.05, 0.1) is 18.1 Å². The van der Waals surface area contributed by atoms with E-state index in [0.29, 0.717) is 17.0 Å². The van der Waals surface area contributed by atoms with Crippen molar-refractivity contribution in [2.75, 3.05) is 0 Å². The van der Waals surface area contributed by atoms with Gasteiger partial charge in [0.25, 0.3) is 0 Å². The third-order valence-electron chi connectivity index (χ3n) is 2.52. The quantitative estimate of drug-likeness (QED) is 0.855. The summed E-state index contributed by atoms with van der Waals surface area (Å²) in [5.41, 5.74) is 1.68. The Morgan fingerprint density at radius 1 is 1.53 bits per heavy atom. The molecule has 1 aromatic rings. The smallest absolute Gasteiger partial charge is 0.0948 e. The first-order chi connectivity index (χ1) is 7.10. The van der Waals surface area contributed by atoms with Crippen LogP contribution >= 0.6 is 11.6 Å². The number of aliphatic hydroxyl groups excluding tert-OH is 1. The van der Waals surface area contributed by atoms with Crippen LogP contribution in [0.25, 0.3) is 0 Å². The van der Waals surface area contributed by atoms with Gasteiger partial charge < -0.3 is 5.11 Å². The zero-order valence-corrected chi connectivity index (χ0v) is 9.62. The van der Waals surface area contributed by atoms with Gasteiger partial charge in [-0.05, 0) is 30.5 Å². The molecule has 0 aromatic heterocycles. The molecule has 3 heteroatoms. The predicted molar refractivity (Wildman–Crippen MR) is 60.5 cm³/mol. The molecule has 0 spiro atoms. The molecule has 15 heavy (non-hydrogen) atoms. The molecule has 0 saturated carbocycles. The summed E-state index contributed by atoms with van der Waals surface area (Å²) in [5, 5.41) is 19.4. The Balaban J connectivity index is 2.97. The first kappa shape index (κ1) is 12.0. The number of halogens is 1. The van der Waals surface area contributed by atoms with Gasteiger partial charge in [-0.15, -0.1) is 0 Å². The van der Waals surface area contributed by atoms with Crippen LogP contribution in [0.15, 0.2) is 18.2 Å². The van der Waals surface area contributed by atoms with Crippen LogP contribution in [-0.4, -0.2) is 5.11 Å². The van der Waals surface area contributed by atoms with E-state index in [2.05, 4.69) is 6.07 Å². The van der Waals surface area contributed by atoms with Crippen molar-refractivity contribution in [3.05, 3.63) is 34.3 Å². The molecule has 0 heterocycles. The lowest BCUT2D eigenvalue weighted by atomic mass is 9.94. The number of nitrogens with zero attached hydrogens (tertiary/aromatic N) is 1. The summed E-state index contributed by atoms with van der Waals surface area (Å²) in [7, 11) is 0. The minimum Gasteiger partial charge on any atom is -0.387 e. The molecule has 2 unspecified atom stereocenters. The Morgan fingerprint density at radius 2 is 2.20 bits per heavy atom. The lowest BCUT2D eigenvalue weighted by Gasteiger charge is -2.15. The molecule has 80 valence electrons. The highest BCUT2D eigenvalue weighted by molar-refractivity contribution is 6.31. The predicted octanol–water partition coefficient (Wildman–Crippen LogP) is 3.23. The molecule has 1 rings (SSSR count). The van der Waals surface area contributed by atoms with Gasteiger partial charge in [0.1, 0.15) is 0 Å². The van der Waals surface area contributed by atoms with Crippen LogP contribution in [0.5, 0.6) is 0 Å². The maximum atomic E-state index is 9.91. The Morgan fingerprint density at radius 3 is 2.67 bits per heavy atom. The molecular formula is C12H14ClNO. The van der Waals surface area contributed by atoms with Gasteiger partial charge in [0.15, 0.2) is 0 Å². The second-order valence-electron chi connectivity index (χ2n) is 3.60. The van der Waals surface area contributed by atoms with Gasteiger partial charge in [-0.1, -0.05) is 30.7 Å². The van der Waals surface area contributed by atoms with Crippen molar-refractivity contribution < 1.29 is 5.11 Å². The number of hydrogen-bond acceptors (Lipinski definition) is 2. The molecule has 0 aliphatic rings. The zero-order chi connectivity index (χ0) is 11.4. The van der Waals surface area contributed by atoms with E-state index >= 15 is 0 Å². The van der Waals surface area contributed by atoms with Gasteiger partial charge >= 0.3 is 0 Å². The van der Waals surface area contributed by atoms with Crippen LogP contribution in [0.3, 0.4) is 0 Å². The number of rotatable bonds is 3. The molecule has 2 nitrogen and oxygen atoms in total. The molecule has 1 aromatic carbocycles. The van der Waals surface area contributed by atoms with E-state index in [4.69, 9.17) is 16.9 Å². The maximum Gasteiger partial charge on any atom is 0.0948 e. The number of nitriles is 1. The molecule has 0 bridgehead atoms. The highest BCUT2D eigenvalue weighted by Crippen LogP contribution is 2.27. The minimum absolute atomic E-state index is 0.372. The van der Waals surface area contributed by atoms with E-state index in [1.54, 1.807) is 6.07 Å². The second kappa shape index (κ2) is 5.16. The summed E-state index contributed by atoms with van der Waals surface area (Å²) in [6.45, 7) is 3.78. The fourth-order valence-corrected chi connectivity index (χ4v) is 1.60. The maximum absolute atomic E-state index is 9.91. The highest BCUT2D eigenvalue weighted by atomic mass is 35.5. The topological polar surface area (TPSA) is 44.0 Å². The van der Waals surface area contributed by atoms with Crippen molar-refractivity contribution in [3.8, 4) is 6.07 Å². The number of benzene rings is 1. The first-order valence-electron chi connectivity index (χ1n) is 4.93. The van der Waals surface area contributed by atoms with E-state index in [0.717, 1.165) is 5.56 Å². The van der Waals surface area contributed by atoms with Crippen molar-refractivity contribution in [2.45, 2.75) is 26.4 Å². The van der Waals surface area contributed by atoms with Gasteiger partial charge in [-0.2, -0.15) is 5.26 Å². The Kier molecular flexibility index (Phi) is 4.14. The van der Waals surface area contributed by atoms with Gasteiger partial charge in [0, 0.05) is 5.02 Å². The summed E-state index contributed by atoms with van der Waals surface area (Å²) < 4.78 is 0. The summed E-state index contributed by atoms with van der Waals surface area (Å²) >= 11 is 5.95. The number of aryl methyl sites for hydroxylation is 1. The summed E-state index contributed by atoms with van der Waals surface area (Å²) in [4.78, 5) is 0. The molecule has 0 aliphatic heterocycles. The summed E-state index contributed by atoms with van der Waals surface area (Å²) in [6.07, 6.45) is -0.124. The molecule has 0 aliphatic carbocycles. The van der Waals surface area contributed by atoms with E-state index in [1.165, 1.54) is 0 Å². The molecule has 0 amide bonds. The van der Waals surface area contributed by atoms with Crippen molar-refractivity contribution >= 4 is 11.6 Å². The Hall–Kier alpha value is -1.04. The molecule has 0 fully saturated rings. The molecule has 1 N–H and O–H groups in total. The fourth-order valence-electron chi connectivity index (χ4n) is 1.41. The van der Waals surface area contributed by atoms with E-state index in [-0.39, 0.29) is 5.92 Å². The molecule has 0 saturated heterocycles. The van der Waals surface area contributed by atoms with Gasteiger partial charge in [-0.3, -0.25) is 0 Å². The highest BCUT2D eigenvalue weighted by Gasteiger charge is 2.19. The standard InChI is InChI=1S/C12H14ClNO/c1-3-9(7-14)12(15)10-5-4-8(2)11(13)6-10/h4-6,9,12,15H,3H2,1-2H3. The van der Waals surface area contributed by atoms with E-state index < -0.39 is 6.10 Å². The normalized spacial score (nSPS) is 14.3. The third-order valence-corrected chi connectivity index (χ3v) is 2.93. The van der Waals surface area contributed by atoms with E-state index in [9.17, 15) is 5.11 Å². The van der Waals surface area contributed by atoms with Gasteiger partial charge in [0.2, 0.25) is 0 Å². The van der Waals surface area contributed by atoms with Crippen molar-refractivity contribution in [3.63, 3.8) is 0 Å². The number of hydrogen-bond donors (Lipinski definition) is 1. The van der Waals surface area contributed by atoms with Crippen molar-refractivity contribution in [1.82, 2.24) is 0 Å². The van der Waals surface area contributed by atoms with Crippen LogP contribution in [0.2, 0.25) is 5.02 Å². The first-order valence-corrected chi connectivity index (χ1v) is 5.31. The summed E-state index contributed by atoms with van der Waals surface area (Å²) in [5.74, 6) is -0.372. The van der Waals surface area contributed by atoms with Crippen LogP contribution in [-0.2, 0) is 0 Å². The monoisotopic (exact) mass is 223 g/mol. The minimum atomic E-state index is -0.752.